The maximum Gasteiger partial charge on any atom is 0.135 e. The summed E-state index contributed by atoms with van der Waals surface area (Å²) in [7, 11) is 0. The molecule has 0 aliphatic carbocycles. The molecule has 0 saturated carbocycles. The molecule has 1 heterocycles. The fourth-order valence-electron chi connectivity index (χ4n) is 2.19. The van der Waals surface area contributed by atoms with Crippen LogP contribution >= 0.6 is 0 Å². The van der Waals surface area contributed by atoms with Crippen LogP contribution in [-0.2, 0) is 0 Å². The molecule has 0 amide bonds. The number of hydrogen-bond acceptors (Lipinski definition) is 1. The number of nitrogens with zero attached hydrogens (tertiary/aromatic N) is 2. The molecule has 0 unspecified atom stereocenters. The molecule has 0 spiro atoms. The van der Waals surface area contributed by atoms with Gasteiger partial charge in [-0.25, -0.2) is 0 Å². The zero-order valence-electron chi connectivity index (χ0n) is 12.3. The fraction of sp³-hybridized carbons (Fsp3) is 0.667. The average Bonchev–Trinajstić information content (AvgIpc) is 2.57. The van der Waals surface area contributed by atoms with Crippen molar-refractivity contribution in [2.24, 2.45) is 10.9 Å². The van der Waals surface area contributed by atoms with E-state index in [2.05, 4.69) is 59.6 Å². The molecule has 0 aromatic heterocycles. The topological polar surface area (TPSA) is 15.6 Å². The average molecular weight is 234 g/mol. The zero-order chi connectivity index (χ0) is 13.2. The van der Waals surface area contributed by atoms with E-state index in [-0.39, 0.29) is 0 Å². The monoisotopic (exact) mass is 234 g/mol. The van der Waals surface area contributed by atoms with E-state index < -0.39 is 0 Å². The SMILES string of the molecule is CCN=C1C(=C(C)C)C(C(C)C)=CN1C(C)C. The zero-order valence-corrected chi connectivity index (χ0v) is 12.3. The summed E-state index contributed by atoms with van der Waals surface area (Å²) in [5, 5.41) is 0. The number of aliphatic imine (C=N–C) groups is 1. The summed E-state index contributed by atoms with van der Waals surface area (Å²) in [6.45, 7) is 16.2. The van der Waals surface area contributed by atoms with Crippen molar-refractivity contribution in [1.82, 2.24) is 4.90 Å². The summed E-state index contributed by atoms with van der Waals surface area (Å²) in [6, 6.07) is 0.464. The van der Waals surface area contributed by atoms with Crippen LogP contribution in [0.3, 0.4) is 0 Å². The van der Waals surface area contributed by atoms with Crippen LogP contribution in [0.25, 0.3) is 0 Å². The highest BCUT2D eigenvalue weighted by molar-refractivity contribution is 6.06. The Labute approximate surface area is 106 Å². The van der Waals surface area contributed by atoms with Gasteiger partial charge in [0.05, 0.1) is 0 Å². The Bertz CT molecular complexity index is 366. The Hall–Kier alpha value is -1.05. The molecule has 0 saturated heterocycles. The van der Waals surface area contributed by atoms with Crippen LogP contribution in [0.1, 0.15) is 48.5 Å². The lowest BCUT2D eigenvalue weighted by Gasteiger charge is -2.22. The van der Waals surface area contributed by atoms with Gasteiger partial charge < -0.3 is 4.90 Å². The van der Waals surface area contributed by atoms with E-state index in [1.165, 1.54) is 16.7 Å². The van der Waals surface area contributed by atoms with E-state index in [4.69, 9.17) is 4.99 Å². The normalized spacial score (nSPS) is 18.6. The molecular formula is C15H26N2. The van der Waals surface area contributed by atoms with Crippen LogP contribution in [0.2, 0.25) is 0 Å². The molecule has 1 aliphatic rings. The maximum atomic E-state index is 4.69. The minimum atomic E-state index is 0.464. The second-order valence-corrected chi connectivity index (χ2v) is 5.41. The lowest BCUT2D eigenvalue weighted by atomic mass is 9.94. The number of amidine groups is 1. The largest absolute Gasteiger partial charge is 0.330 e. The molecule has 0 radical (unpaired) electrons. The summed E-state index contributed by atoms with van der Waals surface area (Å²) < 4.78 is 0. The van der Waals surface area contributed by atoms with Gasteiger partial charge in [-0.05, 0) is 46.1 Å². The maximum absolute atomic E-state index is 4.69. The molecule has 17 heavy (non-hydrogen) atoms. The van der Waals surface area contributed by atoms with Crippen molar-refractivity contribution in [2.45, 2.75) is 54.5 Å². The first-order valence-electron chi connectivity index (χ1n) is 6.62. The highest BCUT2D eigenvalue weighted by Crippen LogP contribution is 2.32. The number of hydrogen-bond donors (Lipinski definition) is 0. The minimum absolute atomic E-state index is 0.464. The summed E-state index contributed by atoms with van der Waals surface area (Å²) >= 11 is 0. The lowest BCUT2D eigenvalue weighted by molar-refractivity contribution is 0.463. The molecular weight excluding hydrogens is 208 g/mol. The third-order valence-electron chi connectivity index (χ3n) is 3.02. The number of allylic oxidation sites excluding steroid dienone is 1. The van der Waals surface area contributed by atoms with Crippen molar-refractivity contribution < 1.29 is 0 Å². The first-order chi connectivity index (χ1) is 7.90. The van der Waals surface area contributed by atoms with E-state index in [1.54, 1.807) is 0 Å². The molecule has 0 aromatic rings. The van der Waals surface area contributed by atoms with E-state index >= 15 is 0 Å². The van der Waals surface area contributed by atoms with E-state index in [0.29, 0.717) is 12.0 Å². The van der Waals surface area contributed by atoms with Crippen molar-refractivity contribution in [1.29, 1.82) is 0 Å². The quantitative estimate of drug-likeness (QED) is 0.720. The second-order valence-electron chi connectivity index (χ2n) is 5.41. The van der Waals surface area contributed by atoms with Crippen LogP contribution in [0.15, 0.2) is 27.9 Å². The van der Waals surface area contributed by atoms with Crippen LogP contribution < -0.4 is 0 Å². The minimum Gasteiger partial charge on any atom is -0.330 e. The van der Waals surface area contributed by atoms with Gasteiger partial charge in [0.25, 0.3) is 0 Å². The van der Waals surface area contributed by atoms with Gasteiger partial charge in [-0.15, -0.1) is 0 Å². The van der Waals surface area contributed by atoms with E-state index in [1.807, 2.05) is 0 Å². The number of rotatable bonds is 3. The fourth-order valence-corrected chi connectivity index (χ4v) is 2.19. The summed E-state index contributed by atoms with van der Waals surface area (Å²) in [5.41, 5.74) is 4.14. The van der Waals surface area contributed by atoms with Crippen molar-refractivity contribution in [3.63, 3.8) is 0 Å². The molecule has 0 aromatic carbocycles. The molecule has 1 aliphatic heterocycles. The standard InChI is InChI=1S/C15H26N2/c1-8-16-15-14(11(4)5)13(10(2)3)9-17(15)12(6)7/h9-10,12H,8H2,1-7H3. The molecule has 0 bridgehead atoms. The summed E-state index contributed by atoms with van der Waals surface area (Å²) in [4.78, 5) is 7.00. The second kappa shape index (κ2) is 5.52. The Balaban J connectivity index is 3.30. The van der Waals surface area contributed by atoms with Gasteiger partial charge in [0.1, 0.15) is 5.84 Å². The Morgan fingerprint density at radius 3 is 2.18 bits per heavy atom. The summed E-state index contributed by atoms with van der Waals surface area (Å²) in [5.74, 6) is 1.71. The predicted octanol–water partition coefficient (Wildman–Crippen LogP) is 4.01. The summed E-state index contributed by atoms with van der Waals surface area (Å²) in [6.07, 6.45) is 2.28. The van der Waals surface area contributed by atoms with Gasteiger partial charge >= 0.3 is 0 Å². The van der Waals surface area contributed by atoms with Crippen LogP contribution in [0.5, 0.6) is 0 Å². The van der Waals surface area contributed by atoms with Crippen LogP contribution in [0, 0.1) is 5.92 Å². The molecule has 2 heteroatoms. The van der Waals surface area contributed by atoms with Gasteiger partial charge in [0.15, 0.2) is 0 Å². The highest BCUT2D eigenvalue weighted by atomic mass is 15.2. The molecule has 2 nitrogen and oxygen atoms in total. The predicted molar refractivity (Wildman–Crippen MR) is 76.2 cm³/mol. The van der Waals surface area contributed by atoms with Gasteiger partial charge in [-0.3, -0.25) is 4.99 Å². The first-order valence-corrected chi connectivity index (χ1v) is 6.62. The third kappa shape index (κ3) is 2.80. The van der Waals surface area contributed by atoms with Gasteiger partial charge in [0, 0.05) is 24.4 Å². The third-order valence-corrected chi connectivity index (χ3v) is 3.02. The Kier molecular flexibility index (Phi) is 4.55. The van der Waals surface area contributed by atoms with Crippen molar-refractivity contribution >= 4 is 5.84 Å². The van der Waals surface area contributed by atoms with Gasteiger partial charge in [-0.2, -0.15) is 0 Å². The van der Waals surface area contributed by atoms with Gasteiger partial charge in [0.2, 0.25) is 0 Å². The van der Waals surface area contributed by atoms with Crippen LogP contribution in [0.4, 0.5) is 0 Å². The van der Waals surface area contributed by atoms with Crippen molar-refractivity contribution in [2.75, 3.05) is 6.54 Å². The van der Waals surface area contributed by atoms with E-state index in [0.717, 1.165) is 12.4 Å². The van der Waals surface area contributed by atoms with Crippen molar-refractivity contribution in [3.05, 3.63) is 22.9 Å². The molecule has 96 valence electrons. The molecule has 0 N–H and O–H groups in total. The van der Waals surface area contributed by atoms with Crippen LogP contribution in [-0.4, -0.2) is 23.3 Å². The molecule has 0 fully saturated rings. The molecule has 0 atom stereocenters. The van der Waals surface area contributed by atoms with Gasteiger partial charge in [-0.1, -0.05) is 19.4 Å². The first kappa shape index (κ1) is 14.0. The Morgan fingerprint density at radius 2 is 1.82 bits per heavy atom. The van der Waals surface area contributed by atoms with E-state index in [9.17, 15) is 0 Å². The Morgan fingerprint density at radius 1 is 1.24 bits per heavy atom. The molecule has 1 rings (SSSR count). The van der Waals surface area contributed by atoms with Crippen molar-refractivity contribution in [3.8, 4) is 0 Å². The highest BCUT2D eigenvalue weighted by Gasteiger charge is 2.29. The smallest absolute Gasteiger partial charge is 0.135 e. The lowest BCUT2D eigenvalue weighted by Crippen LogP contribution is -2.30.